The van der Waals surface area contributed by atoms with Crippen LogP contribution in [0.1, 0.15) is 12.0 Å². The number of nitrogens with one attached hydrogen (secondary N) is 1. The van der Waals surface area contributed by atoms with Crippen molar-refractivity contribution < 1.29 is 19.6 Å². The lowest BCUT2D eigenvalue weighted by Gasteiger charge is -2.35. The van der Waals surface area contributed by atoms with Crippen LogP contribution in [0.25, 0.3) is 0 Å². The van der Waals surface area contributed by atoms with Crippen LogP contribution in [0, 0.1) is 17.0 Å². The van der Waals surface area contributed by atoms with Gasteiger partial charge in [-0.25, -0.2) is 4.98 Å². The second-order valence-corrected chi connectivity index (χ2v) is 4.68. The van der Waals surface area contributed by atoms with Gasteiger partial charge in [-0.3, -0.25) is 19.7 Å². The highest BCUT2D eigenvalue weighted by Gasteiger charge is 2.33. The van der Waals surface area contributed by atoms with Crippen molar-refractivity contribution >= 4 is 23.4 Å². The van der Waals surface area contributed by atoms with E-state index in [0.29, 0.717) is 24.5 Å². The highest BCUT2D eigenvalue weighted by Crippen LogP contribution is 2.24. The maximum absolute atomic E-state index is 11.8. The van der Waals surface area contributed by atoms with E-state index < -0.39 is 16.9 Å². The molecular weight excluding hydrogens is 280 g/mol. The number of rotatable bonds is 4. The highest BCUT2D eigenvalue weighted by molar-refractivity contribution is 5.90. The minimum absolute atomic E-state index is 0.116. The Labute approximate surface area is 119 Å². The lowest BCUT2D eigenvalue weighted by atomic mass is 10.1. The molecule has 1 aromatic heterocycles. The maximum atomic E-state index is 11.8. The van der Waals surface area contributed by atoms with Crippen molar-refractivity contribution in [2.24, 2.45) is 0 Å². The van der Waals surface area contributed by atoms with E-state index >= 15 is 0 Å². The van der Waals surface area contributed by atoms with Crippen molar-refractivity contribution in [3.63, 3.8) is 0 Å². The minimum Gasteiger partial charge on any atom is -0.481 e. The number of carbonyl (C=O) groups excluding carboxylic acids is 1. The molecule has 0 aromatic carbocycles. The van der Waals surface area contributed by atoms with Crippen LogP contribution < -0.4 is 10.2 Å². The fourth-order valence-electron chi connectivity index (χ4n) is 2.24. The molecule has 9 heteroatoms. The van der Waals surface area contributed by atoms with Gasteiger partial charge in [-0.05, 0) is 13.0 Å². The molecule has 2 rings (SSSR count). The maximum Gasteiger partial charge on any atom is 0.305 e. The minimum atomic E-state index is -1.10. The van der Waals surface area contributed by atoms with Crippen LogP contribution in [0.2, 0.25) is 0 Å². The monoisotopic (exact) mass is 294 g/mol. The smallest absolute Gasteiger partial charge is 0.305 e. The fourth-order valence-corrected chi connectivity index (χ4v) is 2.24. The number of pyridine rings is 1. The van der Waals surface area contributed by atoms with Crippen LogP contribution in [-0.4, -0.2) is 46.0 Å². The van der Waals surface area contributed by atoms with E-state index in [1.54, 1.807) is 11.8 Å². The second-order valence-electron chi connectivity index (χ2n) is 4.68. The number of nitrogens with zero attached hydrogens (tertiary/aromatic N) is 3. The quantitative estimate of drug-likeness (QED) is 0.594. The number of hydrogen-bond acceptors (Lipinski definition) is 6. The van der Waals surface area contributed by atoms with E-state index in [2.05, 4.69) is 10.3 Å². The van der Waals surface area contributed by atoms with Gasteiger partial charge in [0.15, 0.2) is 0 Å². The number of hydrogen-bond donors (Lipinski definition) is 2. The average molecular weight is 294 g/mol. The first-order chi connectivity index (χ1) is 9.90. The third kappa shape index (κ3) is 3.07. The van der Waals surface area contributed by atoms with Crippen LogP contribution >= 0.6 is 0 Å². The summed E-state index contributed by atoms with van der Waals surface area (Å²) in [5.74, 6) is -1.12. The van der Waals surface area contributed by atoms with E-state index in [1.165, 1.54) is 6.07 Å². The third-order valence-electron chi connectivity index (χ3n) is 3.26. The average Bonchev–Trinajstić information content (AvgIpc) is 2.40. The normalized spacial score (nSPS) is 18.2. The molecule has 1 aliphatic heterocycles. The molecule has 0 aliphatic carbocycles. The first-order valence-electron chi connectivity index (χ1n) is 6.27. The molecule has 1 unspecified atom stereocenters. The van der Waals surface area contributed by atoms with Crippen LogP contribution in [0.4, 0.5) is 11.5 Å². The Morgan fingerprint density at radius 3 is 2.95 bits per heavy atom. The third-order valence-corrected chi connectivity index (χ3v) is 3.26. The molecule has 2 heterocycles. The molecule has 2 N–H and O–H groups in total. The summed E-state index contributed by atoms with van der Waals surface area (Å²) < 4.78 is 0. The van der Waals surface area contributed by atoms with Crippen molar-refractivity contribution in [1.82, 2.24) is 10.3 Å². The van der Waals surface area contributed by atoms with Crippen molar-refractivity contribution in [2.75, 3.05) is 18.0 Å². The van der Waals surface area contributed by atoms with E-state index in [0.717, 1.165) is 6.20 Å². The number of aliphatic carboxylic acids is 1. The van der Waals surface area contributed by atoms with E-state index in [4.69, 9.17) is 5.11 Å². The summed E-state index contributed by atoms with van der Waals surface area (Å²) in [6, 6.07) is 0.621. The molecule has 9 nitrogen and oxygen atoms in total. The summed E-state index contributed by atoms with van der Waals surface area (Å²) in [6.07, 6.45) is 0.762. The van der Waals surface area contributed by atoms with Gasteiger partial charge >= 0.3 is 5.97 Å². The number of nitro groups is 1. The van der Waals surface area contributed by atoms with Gasteiger partial charge in [0.1, 0.15) is 18.1 Å². The number of anilines is 1. The van der Waals surface area contributed by atoms with Crippen molar-refractivity contribution in [2.45, 2.75) is 19.4 Å². The second kappa shape index (κ2) is 5.73. The zero-order chi connectivity index (χ0) is 15.6. The standard InChI is InChI=1S/C12H14N4O5/c1-7-4-10(14-6-9(7)16(20)21)15-3-2-13-12(19)8(15)5-11(17)18/h4,6,8H,2-3,5H2,1H3,(H,13,19)(H,17,18). The van der Waals surface area contributed by atoms with Gasteiger partial charge in [0.25, 0.3) is 5.69 Å². The van der Waals surface area contributed by atoms with Crippen LogP contribution in [0.3, 0.4) is 0 Å². The van der Waals surface area contributed by atoms with E-state index in [1.807, 2.05) is 0 Å². The molecule has 0 radical (unpaired) electrons. The molecule has 1 atom stereocenters. The Kier molecular flexibility index (Phi) is 4.01. The lowest BCUT2D eigenvalue weighted by Crippen LogP contribution is -2.56. The Morgan fingerprint density at radius 1 is 1.67 bits per heavy atom. The largest absolute Gasteiger partial charge is 0.481 e. The molecule has 112 valence electrons. The summed E-state index contributed by atoms with van der Waals surface area (Å²) >= 11 is 0. The van der Waals surface area contributed by atoms with Gasteiger partial charge in [0.2, 0.25) is 5.91 Å². The first-order valence-corrected chi connectivity index (χ1v) is 6.27. The molecule has 1 aromatic rings. The zero-order valence-electron chi connectivity index (χ0n) is 11.3. The van der Waals surface area contributed by atoms with Crippen molar-refractivity contribution in [3.05, 3.63) is 27.9 Å². The van der Waals surface area contributed by atoms with Crippen molar-refractivity contribution in [1.29, 1.82) is 0 Å². The molecule has 0 spiro atoms. The molecule has 0 saturated carbocycles. The molecule has 1 aliphatic rings. The van der Waals surface area contributed by atoms with Gasteiger partial charge in [-0.2, -0.15) is 0 Å². The van der Waals surface area contributed by atoms with Crippen LogP contribution in [0.5, 0.6) is 0 Å². The molecule has 1 fully saturated rings. The zero-order valence-corrected chi connectivity index (χ0v) is 11.3. The first kappa shape index (κ1) is 14.7. The van der Waals surface area contributed by atoms with Crippen molar-refractivity contribution in [3.8, 4) is 0 Å². The number of carboxylic acid groups (broad SMARTS) is 1. The predicted octanol–water partition coefficient (Wildman–Crippen LogP) is 0.0777. The molecule has 1 saturated heterocycles. The van der Waals surface area contributed by atoms with Gasteiger partial charge in [0, 0.05) is 18.7 Å². The van der Waals surface area contributed by atoms with Gasteiger partial charge in [-0.1, -0.05) is 0 Å². The summed E-state index contributed by atoms with van der Waals surface area (Å²) in [5.41, 5.74) is 0.292. The Balaban J connectivity index is 2.33. The molecule has 21 heavy (non-hydrogen) atoms. The van der Waals surface area contributed by atoms with Crippen LogP contribution in [-0.2, 0) is 9.59 Å². The Morgan fingerprint density at radius 2 is 2.38 bits per heavy atom. The summed E-state index contributed by atoms with van der Waals surface area (Å²) in [5, 5.41) is 22.3. The van der Waals surface area contributed by atoms with Gasteiger partial charge in [-0.15, -0.1) is 0 Å². The number of aromatic nitrogens is 1. The van der Waals surface area contributed by atoms with Gasteiger partial charge < -0.3 is 15.3 Å². The highest BCUT2D eigenvalue weighted by atomic mass is 16.6. The topological polar surface area (TPSA) is 126 Å². The predicted molar refractivity (Wildman–Crippen MR) is 72.0 cm³/mol. The molecule has 0 bridgehead atoms. The Bertz CT molecular complexity index is 603. The lowest BCUT2D eigenvalue weighted by molar-refractivity contribution is -0.385. The number of amides is 1. The summed E-state index contributed by atoms with van der Waals surface area (Å²) in [6.45, 7) is 2.33. The number of aryl methyl sites for hydroxylation is 1. The number of carbonyl (C=O) groups is 2. The van der Waals surface area contributed by atoms with E-state index in [9.17, 15) is 19.7 Å². The van der Waals surface area contributed by atoms with Crippen LogP contribution in [0.15, 0.2) is 12.3 Å². The summed E-state index contributed by atoms with van der Waals surface area (Å²) in [7, 11) is 0. The number of piperazine rings is 1. The van der Waals surface area contributed by atoms with Gasteiger partial charge in [0.05, 0.1) is 11.3 Å². The Hall–Kier alpha value is -2.71. The summed E-state index contributed by atoms with van der Waals surface area (Å²) in [4.78, 5) is 38.5. The molecule has 1 amide bonds. The number of carboxylic acids is 1. The SMILES string of the molecule is Cc1cc(N2CCNC(=O)C2CC(=O)O)ncc1[N+](=O)[O-]. The molecular formula is C12H14N4O5. The van der Waals surface area contributed by atoms with E-state index in [-0.39, 0.29) is 18.0 Å². The fraction of sp³-hybridized carbons (Fsp3) is 0.417.